The predicted octanol–water partition coefficient (Wildman–Crippen LogP) is -3.05. The molecule has 2 rings (SSSR count). The molecule has 0 aliphatic carbocycles. The van der Waals surface area contributed by atoms with E-state index in [0.717, 1.165) is 19.3 Å². The number of carboxylic acid groups (broad SMARTS) is 1. The SMILES string of the molecule is O=C([O-])c1ccnn1C1CCCCO1.[Li+]. The molecule has 0 N–H and O–H groups in total. The van der Waals surface area contributed by atoms with Gasteiger partial charge >= 0.3 is 18.9 Å². The summed E-state index contributed by atoms with van der Waals surface area (Å²) in [7, 11) is 0. The van der Waals surface area contributed by atoms with Crippen LogP contribution in [-0.4, -0.2) is 22.4 Å². The predicted molar refractivity (Wildman–Crippen MR) is 45.4 cm³/mol. The van der Waals surface area contributed by atoms with E-state index in [0.29, 0.717) is 6.61 Å². The van der Waals surface area contributed by atoms with Gasteiger partial charge in [-0.3, -0.25) is 0 Å². The number of hydrogen-bond acceptors (Lipinski definition) is 4. The Bertz CT molecular complexity index is 334. The topological polar surface area (TPSA) is 67.2 Å². The van der Waals surface area contributed by atoms with E-state index in [-0.39, 0.29) is 30.8 Å². The van der Waals surface area contributed by atoms with Crippen molar-refractivity contribution in [3.05, 3.63) is 18.0 Å². The van der Waals surface area contributed by atoms with Gasteiger partial charge in [0.15, 0.2) is 6.23 Å². The van der Waals surface area contributed by atoms with Gasteiger partial charge in [0.1, 0.15) is 0 Å². The summed E-state index contributed by atoms with van der Waals surface area (Å²) in [5, 5.41) is 14.6. The van der Waals surface area contributed by atoms with Gasteiger partial charge in [0.2, 0.25) is 0 Å². The van der Waals surface area contributed by atoms with Crippen molar-refractivity contribution in [2.24, 2.45) is 0 Å². The molecule has 5 nitrogen and oxygen atoms in total. The molecule has 1 atom stereocenters. The van der Waals surface area contributed by atoms with Crippen molar-refractivity contribution in [3.63, 3.8) is 0 Å². The van der Waals surface area contributed by atoms with E-state index in [9.17, 15) is 9.90 Å². The number of aromatic carboxylic acids is 1. The maximum Gasteiger partial charge on any atom is 1.00 e. The summed E-state index contributed by atoms with van der Waals surface area (Å²) < 4.78 is 6.81. The zero-order chi connectivity index (χ0) is 9.97. The minimum absolute atomic E-state index is 0. The molecule has 0 aromatic carbocycles. The molecule has 0 bridgehead atoms. The van der Waals surface area contributed by atoms with Crippen molar-refractivity contribution in [1.29, 1.82) is 0 Å². The third kappa shape index (κ3) is 2.62. The minimum Gasteiger partial charge on any atom is -0.543 e. The number of aromatic nitrogens is 2. The molecule has 2 heterocycles. The molecule has 1 fully saturated rings. The van der Waals surface area contributed by atoms with Crippen LogP contribution in [0.2, 0.25) is 0 Å². The zero-order valence-corrected chi connectivity index (χ0v) is 8.68. The van der Waals surface area contributed by atoms with Crippen LogP contribution in [0.15, 0.2) is 12.3 Å². The van der Waals surface area contributed by atoms with Crippen molar-refractivity contribution < 1.29 is 33.5 Å². The molecule has 1 aliphatic rings. The monoisotopic (exact) mass is 202 g/mol. The summed E-state index contributed by atoms with van der Waals surface area (Å²) in [6.45, 7) is 0.664. The molecule has 6 heteroatoms. The number of carboxylic acids is 1. The van der Waals surface area contributed by atoms with Crippen LogP contribution < -0.4 is 24.0 Å². The average Bonchev–Trinajstić information content (AvgIpc) is 2.67. The van der Waals surface area contributed by atoms with Crippen molar-refractivity contribution in [1.82, 2.24) is 9.78 Å². The molecule has 0 spiro atoms. The smallest absolute Gasteiger partial charge is 0.543 e. The molecule has 1 aromatic heterocycles. The summed E-state index contributed by atoms with van der Waals surface area (Å²) >= 11 is 0. The summed E-state index contributed by atoms with van der Waals surface area (Å²) in [5.41, 5.74) is 0.0805. The standard InChI is InChI=1S/C9H12N2O3.Li/c12-9(13)7-4-5-10-11(7)8-3-1-2-6-14-8;/h4-5,8H,1-3,6H2,(H,12,13);/q;+1/p-1. The van der Waals surface area contributed by atoms with Crippen LogP contribution >= 0.6 is 0 Å². The first kappa shape index (κ1) is 12.3. The van der Waals surface area contributed by atoms with Crippen LogP contribution in [0, 0.1) is 0 Å². The largest absolute Gasteiger partial charge is 1.00 e. The number of ether oxygens (including phenoxy) is 1. The van der Waals surface area contributed by atoms with E-state index in [2.05, 4.69) is 5.10 Å². The summed E-state index contributed by atoms with van der Waals surface area (Å²) in [5.74, 6) is -1.21. The molecule has 0 saturated carbocycles. The molecule has 1 aliphatic heterocycles. The van der Waals surface area contributed by atoms with Crippen molar-refractivity contribution in [3.8, 4) is 0 Å². The van der Waals surface area contributed by atoms with E-state index in [1.165, 1.54) is 16.9 Å². The Morgan fingerprint density at radius 1 is 1.60 bits per heavy atom. The Labute approximate surface area is 99.6 Å². The third-order valence-corrected chi connectivity index (χ3v) is 2.31. The number of nitrogens with zero attached hydrogens (tertiary/aromatic N) is 2. The maximum atomic E-state index is 10.7. The first-order chi connectivity index (χ1) is 6.79. The third-order valence-electron chi connectivity index (χ3n) is 2.31. The van der Waals surface area contributed by atoms with Crippen LogP contribution in [0.5, 0.6) is 0 Å². The van der Waals surface area contributed by atoms with E-state index in [1.807, 2.05) is 0 Å². The Kier molecular flexibility index (Phi) is 4.40. The number of carbonyl (C=O) groups is 1. The van der Waals surface area contributed by atoms with E-state index in [4.69, 9.17) is 4.74 Å². The van der Waals surface area contributed by atoms with Gasteiger partial charge in [0.05, 0.1) is 11.7 Å². The van der Waals surface area contributed by atoms with Gasteiger partial charge in [-0.1, -0.05) is 0 Å². The van der Waals surface area contributed by atoms with Crippen LogP contribution in [0.4, 0.5) is 0 Å². The molecule has 1 unspecified atom stereocenters. The molecular formula is C9H11LiN2O3. The van der Waals surface area contributed by atoms with E-state index >= 15 is 0 Å². The maximum absolute atomic E-state index is 10.7. The second-order valence-corrected chi connectivity index (χ2v) is 3.27. The molecule has 0 radical (unpaired) electrons. The van der Waals surface area contributed by atoms with Crippen molar-refractivity contribution in [2.75, 3.05) is 6.61 Å². The molecule has 1 saturated heterocycles. The summed E-state index contributed by atoms with van der Waals surface area (Å²) in [6, 6.07) is 1.42. The van der Waals surface area contributed by atoms with Crippen molar-refractivity contribution >= 4 is 5.97 Å². The average molecular weight is 202 g/mol. The van der Waals surface area contributed by atoms with Gasteiger partial charge in [-0.15, -0.1) is 0 Å². The number of rotatable bonds is 2. The minimum atomic E-state index is -1.21. The molecule has 15 heavy (non-hydrogen) atoms. The Hall–Kier alpha value is -0.763. The summed E-state index contributed by atoms with van der Waals surface area (Å²) in [4.78, 5) is 10.7. The van der Waals surface area contributed by atoms with Gasteiger partial charge in [-0.25, -0.2) is 4.68 Å². The van der Waals surface area contributed by atoms with Crippen LogP contribution in [0.1, 0.15) is 36.0 Å². The van der Waals surface area contributed by atoms with Crippen LogP contribution in [-0.2, 0) is 4.74 Å². The second-order valence-electron chi connectivity index (χ2n) is 3.27. The van der Waals surface area contributed by atoms with E-state index in [1.54, 1.807) is 0 Å². The fraction of sp³-hybridized carbons (Fsp3) is 0.556. The fourth-order valence-corrected chi connectivity index (χ4v) is 1.62. The molecule has 76 valence electrons. The molecule has 1 aromatic rings. The second kappa shape index (κ2) is 5.36. The van der Waals surface area contributed by atoms with Gasteiger partial charge in [-0.05, 0) is 25.3 Å². The molecular weight excluding hydrogens is 191 g/mol. The Morgan fingerprint density at radius 3 is 3.00 bits per heavy atom. The van der Waals surface area contributed by atoms with Gasteiger partial charge in [-0.2, -0.15) is 5.10 Å². The van der Waals surface area contributed by atoms with E-state index < -0.39 is 5.97 Å². The van der Waals surface area contributed by atoms with Crippen molar-refractivity contribution in [2.45, 2.75) is 25.5 Å². The Balaban J connectivity index is 0.00000112. The summed E-state index contributed by atoms with van der Waals surface area (Å²) in [6.07, 6.45) is 4.08. The zero-order valence-electron chi connectivity index (χ0n) is 8.68. The first-order valence-electron chi connectivity index (χ1n) is 4.65. The quantitative estimate of drug-likeness (QED) is 0.478. The number of hydrogen-bond donors (Lipinski definition) is 0. The van der Waals surface area contributed by atoms with Gasteiger partial charge in [0, 0.05) is 12.8 Å². The van der Waals surface area contributed by atoms with Crippen LogP contribution in [0.25, 0.3) is 0 Å². The molecule has 0 amide bonds. The Morgan fingerprint density at radius 2 is 2.40 bits per heavy atom. The van der Waals surface area contributed by atoms with Gasteiger partial charge < -0.3 is 14.6 Å². The normalized spacial score (nSPS) is 20.7. The first-order valence-corrected chi connectivity index (χ1v) is 4.65. The van der Waals surface area contributed by atoms with Crippen LogP contribution in [0.3, 0.4) is 0 Å². The fourth-order valence-electron chi connectivity index (χ4n) is 1.62. The van der Waals surface area contributed by atoms with Gasteiger partial charge in [0.25, 0.3) is 0 Å². The number of carbonyl (C=O) groups excluding carboxylic acids is 1.